The lowest BCUT2D eigenvalue weighted by molar-refractivity contribution is -0.577. The third kappa shape index (κ3) is 3.67. The van der Waals surface area contributed by atoms with Crippen molar-refractivity contribution in [2.24, 2.45) is 23.7 Å². The van der Waals surface area contributed by atoms with Crippen LogP contribution >= 0.6 is 0 Å². The molecule has 0 N–H and O–H groups in total. The number of Topliss-reactive ketones (excluding diaryl/α,β-unsaturated/α-hetero) is 1. The summed E-state index contributed by atoms with van der Waals surface area (Å²) in [6, 6.07) is 7.35. The Morgan fingerprint density at radius 2 is 2.00 bits per heavy atom. The Balaban J connectivity index is 1.21. The SMILES string of the molecule is CC(=O)c1ccccc1-n1cc(CO[C@H]2O[C@@H]3O[C@@]4(C)CC[C@H]5[C@H](C)CC[C@@H]([C@H]2C)[C@@]35OO4)nn1. The quantitative estimate of drug-likeness (QED) is 0.462. The normalized spacial score (nSPS) is 40.2. The van der Waals surface area contributed by atoms with E-state index in [-0.39, 0.29) is 24.2 Å². The van der Waals surface area contributed by atoms with Crippen molar-refractivity contribution in [1.82, 2.24) is 15.0 Å². The molecule has 1 spiro atoms. The lowest BCUT2D eigenvalue weighted by Gasteiger charge is -2.60. The van der Waals surface area contributed by atoms with Gasteiger partial charge in [0.05, 0.1) is 18.5 Å². The highest BCUT2D eigenvalue weighted by molar-refractivity contribution is 5.97. The van der Waals surface area contributed by atoms with Gasteiger partial charge < -0.3 is 14.2 Å². The fraction of sp³-hybridized carbons (Fsp3) is 0.654. The maximum absolute atomic E-state index is 12.0. The van der Waals surface area contributed by atoms with Crippen molar-refractivity contribution in [3.05, 3.63) is 41.7 Å². The molecule has 4 saturated heterocycles. The highest BCUT2D eigenvalue weighted by atomic mass is 17.3. The molecule has 1 aromatic carbocycles. The van der Waals surface area contributed by atoms with E-state index in [4.69, 9.17) is 24.0 Å². The van der Waals surface area contributed by atoms with Crippen LogP contribution in [0.1, 0.15) is 69.4 Å². The number of carbonyl (C=O) groups excluding carboxylic acids is 1. The van der Waals surface area contributed by atoms with Crippen LogP contribution in [0.15, 0.2) is 30.5 Å². The standard InChI is InChI=1S/C26H33N3O6/c1-15-9-10-21-16(2)23(32-24-26(21)20(15)11-12-25(4,33-24)34-35-26)31-14-18-13-29(28-27-18)22-8-6-5-7-19(22)17(3)30/h5-8,13,15-16,20-21,23-24H,9-12,14H2,1-4H3/t15-,16-,20+,21+,23+,24-,25-,26-/m1/s1. The average molecular weight is 484 g/mol. The van der Waals surface area contributed by atoms with E-state index in [0.717, 1.165) is 25.7 Å². The topological polar surface area (TPSA) is 93.9 Å². The van der Waals surface area contributed by atoms with Gasteiger partial charge in [0.25, 0.3) is 0 Å². The number of carbonyl (C=O) groups is 1. The summed E-state index contributed by atoms with van der Waals surface area (Å²) in [6.45, 7) is 8.17. The first-order valence-corrected chi connectivity index (χ1v) is 12.6. The fourth-order valence-electron chi connectivity index (χ4n) is 6.68. The molecule has 7 rings (SSSR count). The molecule has 4 aliphatic heterocycles. The molecule has 1 aromatic heterocycles. The number of aromatic nitrogens is 3. The third-order valence-corrected chi connectivity index (χ3v) is 8.56. The molecular weight excluding hydrogens is 450 g/mol. The van der Waals surface area contributed by atoms with Crippen molar-refractivity contribution in [3.63, 3.8) is 0 Å². The molecule has 35 heavy (non-hydrogen) atoms. The highest BCUT2D eigenvalue weighted by Crippen LogP contribution is 2.60. The lowest BCUT2D eigenvalue weighted by atomic mass is 9.58. The van der Waals surface area contributed by atoms with Crippen LogP contribution < -0.4 is 0 Å². The van der Waals surface area contributed by atoms with E-state index in [2.05, 4.69) is 24.2 Å². The van der Waals surface area contributed by atoms with Crippen LogP contribution in [0.5, 0.6) is 0 Å². The van der Waals surface area contributed by atoms with Gasteiger partial charge >= 0.3 is 0 Å². The van der Waals surface area contributed by atoms with Crippen LogP contribution in [0, 0.1) is 23.7 Å². The zero-order valence-electron chi connectivity index (χ0n) is 20.7. The van der Waals surface area contributed by atoms with Gasteiger partial charge in [0, 0.05) is 23.8 Å². The smallest absolute Gasteiger partial charge is 0.201 e. The number of para-hydroxylation sites is 1. The molecule has 5 aliphatic rings. The van der Waals surface area contributed by atoms with Gasteiger partial charge in [-0.05, 0) is 57.1 Å². The van der Waals surface area contributed by atoms with Gasteiger partial charge in [-0.25, -0.2) is 14.5 Å². The molecule has 1 aliphatic carbocycles. The van der Waals surface area contributed by atoms with Gasteiger partial charge in [0.15, 0.2) is 24.0 Å². The second-order valence-electron chi connectivity index (χ2n) is 10.8. The van der Waals surface area contributed by atoms with E-state index < -0.39 is 24.0 Å². The Morgan fingerprint density at radius 3 is 2.83 bits per heavy atom. The molecule has 0 unspecified atom stereocenters. The van der Waals surface area contributed by atoms with Gasteiger partial charge in [-0.1, -0.05) is 31.2 Å². The summed E-state index contributed by atoms with van der Waals surface area (Å²) in [5.41, 5.74) is 1.34. The van der Waals surface area contributed by atoms with Gasteiger partial charge in [-0.2, -0.15) is 0 Å². The molecule has 9 heteroatoms. The molecule has 0 amide bonds. The molecule has 9 nitrogen and oxygen atoms in total. The minimum atomic E-state index is -0.810. The molecule has 1 saturated carbocycles. The van der Waals surface area contributed by atoms with Crippen LogP contribution in [0.4, 0.5) is 0 Å². The predicted octanol–water partition coefficient (Wildman–Crippen LogP) is 4.19. The van der Waals surface area contributed by atoms with Gasteiger partial charge in [-0.15, -0.1) is 5.10 Å². The average Bonchev–Trinajstić information content (AvgIpc) is 3.20. The number of hydrogen-bond acceptors (Lipinski definition) is 8. The minimum absolute atomic E-state index is 0.0232. The van der Waals surface area contributed by atoms with Crippen molar-refractivity contribution in [1.29, 1.82) is 0 Å². The van der Waals surface area contributed by atoms with E-state index in [1.807, 2.05) is 25.1 Å². The lowest BCUT2D eigenvalue weighted by Crippen LogP contribution is -2.70. The van der Waals surface area contributed by atoms with Gasteiger partial charge in [-0.3, -0.25) is 4.79 Å². The van der Waals surface area contributed by atoms with Gasteiger partial charge in [0.1, 0.15) is 5.69 Å². The molecule has 5 heterocycles. The number of fused-ring (bicyclic) bond motifs is 2. The summed E-state index contributed by atoms with van der Waals surface area (Å²) in [6.07, 6.45) is 4.71. The van der Waals surface area contributed by atoms with Crippen LogP contribution in [0.3, 0.4) is 0 Å². The second kappa shape index (κ2) is 8.45. The summed E-state index contributed by atoms with van der Waals surface area (Å²) in [7, 11) is 0. The van der Waals surface area contributed by atoms with E-state index in [1.165, 1.54) is 0 Å². The summed E-state index contributed by atoms with van der Waals surface area (Å²) >= 11 is 0. The summed E-state index contributed by atoms with van der Waals surface area (Å²) in [5, 5.41) is 8.48. The Kier molecular flexibility index (Phi) is 5.61. The Morgan fingerprint density at radius 1 is 1.17 bits per heavy atom. The minimum Gasteiger partial charge on any atom is -0.346 e. The molecule has 2 aromatic rings. The zero-order valence-corrected chi connectivity index (χ0v) is 20.7. The molecular formula is C26H33N3O6. The Hall–Kier alpha value is -2.17. The Labute approximate surface area is 204 Å². The monoisotopic (exact) mass is 483 g/mol. The molecule has 0 radical (unpaired) electrons. The molecule has 2 bridgehead atoms. The van der Waals surface area contributed by atoms with E-state index in [1.54, 1.807) is 23.9 Å². The van der Waals surface area contributed by atoms with E-state index in [0.29, 0.717) is 28.8 Å². The zero-order chi connectivity index (χ0) is 24.4. The van der Waals surface area contributed by atoms with Crippen molar-refractivity contribution >= 4 is 5.78 Å². The summed E-state index contributed by atoms with van der Waals surface area (Å²) in [4.78, 5) is 24.1. The van der Waals surface area contributed by atoms with Crippen LogP contribution in [0.25, 0.3) is 5.69 Å². The number of benzene rings is 1. The number of rotatable bonds is 5. The van der Waals surface area contributed by atoms with Crippen LogP contribution in [0.2, 0.25) is 0 Å². The van der Waals surface area contributed by atoms with E-state index >= 15 is 0 Å². The fourth-order valence-corrected chi connectivity index (χ4v) is 6.68. The maximum Gasteiger partial charge on any atom is 0.201 e. The molecule has 188 valence electrons. The maximum atomic E-state index is 12.0. The van der Waals surface area contributed by atoms with Crippen molar-refractivity contribution in [2.75, 3.05) is 0 Å². The summed E-state index contributed by atoms with van der Waals surface area (Å²) < 4.78 is 20.7. The van der Waals surface area contributed by atoms with Crippen molar-refractivity contribution in [3.8, 4) is 5.69 Å². The third-order valence-electron chi connectivity index (χ3n) is 8.56. The highest BCUT2D eigenvalue weighted by Gasteiger charge is 2.69. The van der Waals surface area contributed by atoms with Crippen LogP contribution in [-0.4, -0.2) is 44.7 Å². The second-order valence-corrected chi connectivity index (χ2v) is 10.8. The van der Waals surface area contributed by atoms with E-state index in [9.17, 15) is 4.79 Å². The number of ether oxygens (including phenoxy) is 3. The number of ketones is 1. The first kappa shape index (κ1) is 23.2. The van der Waals surface area contributed by atoms with Crippen molar-refractivity contribution in [2.45, 2.75) is 84.0 Å². The first-order chi connectivity index (χ1) is 16.8. The largest absolute Gasteiger partial charge is 0.346 e. The van der Waals surface area contributed by atoms with Gasteiger partial charge in [0.2, 0.25) is 5.79 Å². The summed E-state index contributed by atoms with van der Waals surface area (Å²) in [5.74, 6) is 0.292. The Bertz CT molecular complexity index is 1120. The number of hydrogen-bond donors (Lipinski definition) is 0. The predicted molar refractivity (Wildman–Crippen MR) is 123 cm³/mol. The first-order valence-electron chi connectivity index (χ1n) is 12.6. The molecule has 5 fully saturated rings. The van der Waals surface area contributed by atoms with Crippen molar-refractivity contribution < 1.29 is 28.8 Å². The van der Waals surface area contributed by atoms with Crippen LogP contribution in [-0.2, 0) is 30.6 Å². The molecule has 8 atom stereocenters. The number of nitrogens with zero attached hydrogens (tertiary/aromatic N) is 3.